The molecule has 0 saturated carbocycles. The lowest BCUT2D eigenvalue weighted by Gasteiger charge is -2.20. The summed E-state index contributed by atoms with van der Waals surface area (Å²) in [5.74, 6) is -0.249. The summed E-state index contributed by atoms with van der Waals surface area (Å²) in [7, 11) is 1.62. The normalized spacial score (nSPS) is 16.7. The van der Waals surface area contributed by atoms with Crippen molar-refractivity contribution in [2.24, 2.45) is 5.92 Å². The molecule has 116 valence electrons. The number of halogens is 1. The third-order valence-corrected chi connectivity index (χ3v) is 3.89. The molecule has 1 unspecified atom stereocenters. The third kappa shape index (κ3) is 4.17. The molecule has 1 heterocycles. The number of carbonyl (C=O) groups is 1. The Balaban J connectivity index is 1.88. The Labute approximate surface area is 125 Å². The van der Waals surface area contributed by atoms with Crippen LogP contribution in [0.2, 0.25) is 0 Å². The van der Waals surface area contributed by atoms with E-state index in [0.717, 1.165) is 19.6 Å². The smallest absolute Gasteiger partial charge is 0.253 e. The number of para-hydroxylation sites is 1. The van der Waals surface area contributed by atoms with Crippen LogP contribution >= 0.6 is 0 Å². The predicted molar refractivity (Wildman–Crippen MR) is 83.1 cm³/mol. The molecule has 1 aliphatic heterocycles. The highest BCUT2D eigenvalue weighted by Crippen LogP contribution is 2.19. The van der Waals surface area contributed by atoms with Gasteiger partial charge in [-0.15, -0.1) is 0 Å². The Hall–Kier alpha value is -1.62. The molecule has 0 spiro atoms. The fourth-order valence-corrected chi connectivity index (χ4v) is 2.80. The van der Waals surface area contributed by atoms with Gasteiger partial charge in [-0.05, 0) is 44.0 Å². The molecule has 1 aromatic rings. The molecule has 1 amide bonds. The SMILES string of the molecule is CNc1c(F)cccc1C(=O)NCC(C)CN1CCCC1. The molecule has 0 aromatic heterocycles. The van der Waals surface area contributed by atoms with Gasteiger partial charge in [0.15, 0.2) is 0 Å². The Morgan fingerprint density at radius 3 is 2.76 bits per heavy atom. The quantitative estimate of drug-likeness (QED) is 0.846. The van der Waals surface area contributed by atoms with Crippen molar-refractivity contribution in [1.82, 2.24) is 10.2 Å². The number of benzene rings is 1. The minimum Gasteiger partial charge on any atom is -0.385 e. The van der Waals surface area contributed by atoms with Crippen LogP contribution in [0.4, 0.5) is 10.1 Å². The summed E-state index contributed by atoms with van der Waals surface area (Å²) in [6.07, 6.45) is 2.54. The molecule has 2 N–H and O–H groups in total. The molecule has 0 bridgehead atoms. The van der Waals surface area contributed by atoms with Crippen LogP contribution in [0.15, 0.2) is 18.2 Å². The van der Waals surface area contributed by atoms with Gasteiger partial charge in [0.05, 0.1) is 11.3 Å². The second-order valence-electron chi connectivity index (χ2n) is 5.74. The summed E-state index contributed by atoms with van der Waals surface area (Å²) in [6, 6.07) is 4.53. The second kappa shape index (κ2) is 7.41. The topological polar surface area (TPSA) is 44.4 Å². The highest BCUT2D eigenvalue weighted by Gasteiger charge is 2.17. The van der Waals surface area contributed by atoms with Crippen LogP contribution in [0.3, 0.4) is 0 Å². The van der Waals surface area contributed by atoms with Gasteiger partial charge in [0.25, 0.3) is 5.91 Å². The van der Waals surface area contributed by atoms with E-state index in [2.05, 4.69) is 22.5 Å². The number of hydrogen-bond donors (Lipinski definition) is 2. The van der Waals surface area contributed by atoms with Crippen molar-refractivity contribution in [2.75, 3.05) is 38.5 Å². The second-order valence-corrected chi connectivity index (χ2v) is 5.74. The fourth-order valence-electron chi connectivity index (χ4n) is 2.80. The van der Waals surface area contributed by atoms with Crippen LogP contribution in [-0.4, -0.2) is 44.0 Å². The lowest BCUT2D eigenvalue weighted by molar-refractivity contribution is 0.0945. The monoisotopic (exact) mass is 293 g/mol. The molecule has 0 aliphatic carbocycles. The van der Waals surface area contributed by atoms with Gasteiger partial charge in [-0.3, -0.25) is 4.79 Å². The number of rotatable bonds is 6. The van der Waals surface area contributed by atoms with Crippen LogP contribution < -0.4 is 10.6 Å². The van der Waals surface area contributed by atoms with Gasteiger partial charge < -0.3 is 15.5 Å². The Bertz CT molecular complexity index is 486. The molecular formula is C16H24FN3O. The number of nitrogens with one attached hydrogen (secondary N) is 2. The Morgan fingerprint density at radius 2 is 2.10 bits per heavy atom. The minimum atomic E-state index is -0.407. The molecule has 1 atom stereocenters. The summed E-state index contributed by atoms with van der Waals surface area (Å²) in [5, 5.41) is 5.65. The van der Waals surface area contributed by atoms with E-state index in [4.69, 9.17) is 0 Å². The Kier molecular flexibility index (Phi) is 5.56. The van der Waals surface area contributed by atoms with E-state index in [0.29, 0.717) is 18.0 Å². The van der Waals surface area contributed by atoms with Crippen molar-refractivity contribution in [3.8, 4) is 0 Å². The average Bonchev–Trinajstić information content (AvgIpc) is 2.97. The van der Waals surface area contributed by atoms with Crippen molar-refractivity contribution in [3.63, 3.8) is 0 Å². The molecule has 4 nitrogen and oxygen atoms in total. The van der Waals surface area contributed by atoms with Gasteiger partial charge in [-0.25, -0.2) is 4.39 Å². The van der Waals surface area contributed by atoms with Crippen LogP contribution in [0.1, 0.15) is 30.1 Å². The van der Waals surface area contributed by atoms with E-state index in [9.17, 15) is 9.18 Å². The number of amides is 1. The first-order valence-electron chi connectivity index (χ1n) is 7.58. The maximum absolute atomic E-state index is 13.6. The first-order valence-corrected chi connectivity index (χ1v) is 7.58. The molecule has 21 heavy (non-hydrogen) atoms. The van der Waals surface area contributed by atoms with Crippen molar-refractivity contribution in [1.29, 1.82) is 0 Å². The summed E-state index contributed by atoms with van der Waals surface area (Å²) >= 11 is 0. The van der Waals surface area contributed by atoms with E-state index in [1.54, 1.807) is 19.2 Å². The number of nitrogens with zero attached hydrogens (tertiary/aromatic N) is 1. The van der Waals surface area contributed by atoms with E-state index < -0.39 is 5.82 Å². The summed E-state index contributed by atoms with van der Waals surface area (Å²) < 4.78 is 13.6. The lowest BCUT2D eigenvalue weighted by Crippen LogP contribution is -2.34. The number of anilines is 1. The Morgan fingerprint density at radius 1 is 1.38 bits per heavy atom. The van der Waals surface area contributed by atoms with Crippen LogP contribution in [0, 0.1) is 11.7 Å². The van der Waals surface area contributed by atoms with Crippen molar-refractivity contribution < 1.29 is 9.18 Å². The highest BCUT2D eigenvalue weighted by atomic mass is 19.1. The van der Waals surface area contributed by atoms with Crippen LogP contribution in [0.25, 0.3) is 0 Å². The first kappa shape index (κ1) is 15.8. The molecule has 1 aromatic carbocycles. The largest absolute Gasteiger partial charge is 0.385 e. The van der Waals surface area contributed by atoms with Gasteiger partial charge >= 0.3 is 0 Å². The fraction of sp³-hybridized carbons (Fsp3) is 0.562. The van der Waals surface area contributed by atoms with Gasteiger partial charge in [0.2, 0.25) is 0 Å². The lowest BCUT2D eigenvalue weighted by atomic mass is 10.1. The summed E-state index contributed by atoms with van der Waals surface area (Å²) in [4.78, 5) is 14.6. The minimum absolute atomic E-state index is 0.230. The molecule has 1 saturated heterocycles. The zero-order valence-corrected chi connectivity index (χ0v) is 12.8. The molecule has 1 aliphatic rings. The van der Waals surface area contributed by atoms with E-state index in [-0.39, 0.29) is 11.6 Å². The van der Waals surface area contributed by atoms with Crippen LogP contribution in [0.5, 0.6) is 0 Å². The van der Waals surface area contributed by atoms with Gasteiger partial charge in [-0.2, -0.15) is 0 Å². The molecule has 0 radical (unpaired) electrons. The average molecular weight is 293 g/mol. The molecule has 1 fully saturated rings. The van der Waals surface area contributed by atoms with Crippen LogP contribution in [-0.2, 0) is 0 Å². The number of likely N-dealkylation sites (tertiary alicyclic amines) is 1. The standard InChI is InChI=1S/C16H24FN3O/c1-12(11-20-8-3-4-9-20)10-19-16(21)13-6-5-7-14(17)15(13)18-2/h5-7,12,18H,3-4,8-11H2,1-2H3,(H,19,21). The van der Waals surface area contributed by atoms with E-state index in [1.165, 1.54) is 18.9 Å². The third-order valence-electron chi connectivity index (χ3n) is 3.89. The number of carbonyl (C=O) groups excluding carboxylic acids is 1. The van der Waals surface area contributed by atoms with Gasteiger partial charge in [0.1, 0.15) is 5.82 Å². The van der Waals surface area contributed by atoms with Crippen molar-refractivity contribution in [2.45, 2.75) is 19.8 Å². The summed E-state index contributed by atoms with van der Waals surface area (Å²) in [6.45, 7) is 6.05. The maximum atomic E-state index is 13.6. The molecule has 2 rings (SSSR count). The number of hydrogen-bond acceptors (Lipinski definition) is 3. The molecule has 5 heteroatoms. The predicted octanol–water partition coefficient (Wildman–Crippen LogP) is 2.33. The highest BCUT2D eigenvalue weighted by molar-refractivity contribution is 5.99. The zero-order chi connectivity index (χ0) is 15.2. The van der Waals surface area contributed by atoms with Gasteiger partial charge in [0, 0.05) is 20.1 Å². The van der Waals surface area contributed by atoms with E-state index in [1.807, 2.05) is 0 Å². The van der Waals surface area contributed by atoms with Crippen molar-refractivity contribution in [3.05, 3.63) is 29.6 Å². The first-order chi connectivity index (χ1) is 10.1. The van der Waals surface area contributed by atoms with Crippen molar-refractivity contribution >= 4 is 11.6 Å². The maximum Gasteiger partial charge on any atom is 0.253 e. The van der Waals surface area contributed by atoms with Gasteiger partial charge in [-0.1, -0.05) is 13.0 Å². The van der Waals surface area contributed by atoms with E-state index >= 15 is 0 Å². The zero-order valence-electron chi connectivity index (χ0n) is 12.8. The summed E-state index contributed by atoms with van der Waals surface area (Å²) in [5.41, 5.74) is 0.605. The molecular weight excluding hydrogens is 269 g/mol.